The van der Waals surface area contributed by atoms with Crippen molar-refractivity contribution in [2.24, 2.45) is 5.73 Å². The standard InChI is InChI=1S/C15H20N4O/c1-2-3-4-13-9-14(19-18-13)17-15(20)12-7-5-11(10-16)6-8-12/h5-9H,2-4,10,16H2,1H3,(H2,17,18,19,20). The first kappa shape index (κ1) is 14.3. The molecular formula is C15H20N4O. The van der Waals surface area contributed by atoms with Gasteiger partial charge in [0, 0.05) is 23.9 Å². The molecule has 0 bridgehead atoms. The molecule has 1 aromatic heterocycles. The number of amides is 1. The number of nitrogens with zero attached hydrogens (tertiary/aromatic N) is 1. The molecule has 0 aliphatic heterocycles. The Morgan fingerprint density at radius 1 is 1.35 bits per heavy atom. The lowest BCUT2D eigenvalue weighted by Gasteiger charge is -2.02. The van der Waals surface area contributed by atoms with Gasteiger partial charge in [0.2, 0.25) is 0 Å². The predicted octanol–water partition coefficient (Wildman–Crippen LogP) is 2.46. The Morgan fingerprint density at radius 2 is 2.10 bits per heavy atom. The molecule has 0 atom stereocenters. The molecule has 0 aliphatic carbocycles. The zero-order valence-electron chi connectivity index (χ0n) is 11.6. The number of H-pyrrole nitrogens is 1. The van der Waals surface area contributed by atoms with E-state index >= 15 is 0 Å². The topological polar surface area (TPSA) is 83.8 Å². The van der Waals surface area contributed by atoms with Gasteiger partial charge in [-0.3, -0.25) is 9.89 Å². The van der Waals surface area contributed by atoms with Crippen LogP contribution in [0.15, 0.2) is 30.3 Å². The molecule has 1 heterocycles. The van der Waals surface area contributed by atoms with Crippen LogP contribution in [-0.4, -0.2) is 16.1 Å². The lowest BCUT2D eigenvalue weighted by Crippen LogP contribution is -2.12. The van der Waals surface area contributed by atoms with Crippen molar-refractivity contribution in [1.82, 2.24) is 10.2 Å². The molecule has 5 heteroatoms. The first-order valence-corrected chi connectivity index (χ1v) is 6.87. The van der Waals surface area contributed by atoms with Crippen LogP contribution in [-0.2, 0) is 13.0 Å². The highest BCUT2D eigenvalue weighted by atomic mass is 16.1. The Labute approximate surface area is 118 Å². The molecule has 0 spiro atoms. The number of hydrogen-bond acceptors (Lipinski definition) is 3. The van der Waals surface area contributed by atoms with Crippen LogP contribution in [0.25, 0.3) is 0 Å². The first-order chi connectivity index (χ1) is 9.72. The van der Waals surface area contributed by atoms with Gasteiger partial charge in [0.15, 0.2) is 5.82 Å². The summed E-state index contributed by atoms with van der Waals surface area (Å²) in [6.45, 7) is 2.62. The molecule has 106 valence electrons. The van der Waals surface area contributed by atoms with Gasteiger partial charge in [-0.25, -0.2) is 0 Å². The summed E-state index contributed by atoms with van der Waals surface area (Å²) in [5.41, 5.74) is 8.17. The largest absolute Gasteiger partial charge is 0.326 e. The maximum atomic E-state index is 12.0. The van der Waals surface area contributed by atoms with Crippen LogP contribution in [0.1, 0.15) is 41.4 Å². The highest BCUT2D eigenvalue weighted by Crippen LogP contribution is 2.11. The summed E-state index contributed by atoms with van der Waals surface area (Å²) in [5, 5.41) is 9.81. The van der Waals surface area contributed by atoms with Gasteiger partial charge in [-0.2, -0.15) is 5.10 Å². The fraction of sp³-hybridized carbons (Fsp3) is 0.333. The Kier molecular flexibility index (Phi) is 4.90. The maximum Gasteiger partial charge on any atom is 0.256 e. The number of aromatic amines is 1. The van der Waals surface area contributed by atoms with Crippen LogP contribution < -0.4 is 11.1 Å². The number of anilines is 1. The van der Waals surface area contributed by atoms with Crippen molar-refractivity contribution in [2.45, 2.75) is 32.7 Å². The Bertz CT molecular complexity index is 560. The van der Waals surface area contributed by atoms with Crippen molar-refractivity contribution in [1.29, 1.82) is 0 Å². The van der Waals surface area contributed by atoms with Crippen LogP contribution in [0.2, 0.25) is 0 Å². The van der Waals surface area contributed by atoms with Gasteiger partial charge >= 0.3 is 0 Å². The monoisotopic (exact) mass is 272 g/mol. The molecule has 0 saturated carbocycles. The molecule has 0 saturated heterocycles. The zero-order chi connectivity index (χ0) is 14.4. The molecule has 0 unspecified atom stereocenters. The van der Waals surface area contributed by atoms with Crippen molar-refractivity contribution >= 4 is 11.7 Å². The van der Waals surface area contributed by atoms with E-state index in [9.17, 15) is 4.79 Å². The smallest absolute Gasteiger partial charge is 0.256 e. The van der Waals surface area contributed by atoms with Crippen LogP contribution >= 0.6 is 0 Å². The number of nitrogens with two attached hydrogens (primary N) is 1. The van der Waals surface area contributed by atoms with E-state index in [2.05, 4.69) is 22.4 Å². The van der Waals surface area contributed by atoms with Gasteiger partial charge in [0.25, 0.3) is 5.91 Å². The van der Waals surface area contributed by atoms with Gasteiger partial charge < -0.3 is 11.1 Å². The van der Waals surface area contributed by atoms with Crippen LogP contribution in [0.4, 0.5) is 5.82 Å². The third-order valence-electron chi connectivity index (χ3n) is 3.12. The second kappa shape index (κ2) is 6.86. The quantitative estimate of drug-likeness (QED) is 0.755. The van der Waals surface area contributed by atoms with Gasteiger partial charge in [0.1, 0.15) is 0 Å². The van der Waals surface area contributed by atoms with Gasteiger partial charge in [-0.1, -0.05) is 25.5 Å². The number of unbranched alkanes of at least 4 members (excludes halogenated alkanes) is 1. The molecule has 2 rings (SSSR count). The molecule has 5 nitrogen and oxygen atoms in total. The summed E-state index contributed by atoms with van der Waals surface area (Å²) >= 11 is 0. The molecule has 1 amide bonds. The van der Waals surface area contributed by atoms with Crippen LogP contribution in [0, 0.1) is 0 Å². The number of nitrogens with one attached hydrogen (secondary N) is 2. The average Bonchev–Trinajstić information content (AvgIpc) is 2.92. The number of carbonyl (C=O) groups excluding carboxylic acids is 1. The predicted molar refractivity (Wildman–Crippen MR) is 79.5 cm³/mol. The number of carbonyl (C=O) groups is 1. The second-order valence-corrected chi connectivity index (χ2v) is 4.74. The molecule has 20 heavy (non-hydrogen) atoms. The van der Waals surface area contributed by atoms with Crippen molar-refractivity contribution < 1.29 is 4.79 Å². The van der Waals surface area contributed by atoms with E-state index in [0.29, 0.717) is 17.9 Å². The summed E-state index contributed by atoms with van der Waals surface area (Å²) in [7, 11) is 0. The Balaban J connectivity index is 1.97. The minimum atomic E-state index is -0.165. The van der Waals surface area contributed by atoms with E-state index in [4.69, 9.17) is 5.73 Å². The number of aryl methyl sites for hydroxylation is 1. The van der Waals surface area contributed by atoms with E-state index in [1.807, 2.05) is 18.2 Å². The second-order valence-electron chi connectivity index (χ2n) is 4.74. The SMILES string of the molecule is CCCCc1cc(NC(=O)c2ccc(CN)cc2)n[nH]1. The Hall–Kier alpha value is -2.14. The summed E-state index contributed by atoms with van der Waals surface area (Å²) in [4.78, 5) is 12.0. The molecule has 2 aromatic rings. The fourth-order valence-electron chi connectivity index (χ4n) is 1.90. The Morgan fingerprint density at radius 3 is 2.75 bits per heavy atom. The van der Waals surface area contributed by atoms with Gasteiger partial charge in [0.05, 0.1) is 0 Å². The fourth-order valence-corrected chi connectivity index (χ4v) is 1.90. The molecular weight excluding hydrogens is 252 g/mol. The van der Waals surface area contributed by atoms with Crippen LogP contribution in [0.3, 0.4) is 0 Å². The number of benzene rings is 1. The molecule has 0 fully saturated rings. The van der Waals surface area contributed by atoms with E-state index in [0.717, 1.165) is 30.5 Å². The summed E-state index contributed by atoms with van der Waals surface area (Å²) < 4.78 is 0. The van der Waals surface area contributed by atoms with Crippen LogP contribution in [0.5, 0.6) is 0 Å². The first-order valence-electron chi connectivity index (χ1n) is 6.87. The normalized spacial score (nSPS) is 10.5. The zero-order valence-corrected chi connectivity index (χ0v) is 11.6. The lowest BCUT2D eigenvalue weighted by molar-refractivity contribution is 0.102. The molecule has 0 radical (unpaired) electrons. The van der Waals surface area contributed by atoms with E-state index < -0.39 is 0 Å². The van der Waals surface area contributed by atoms with Crippen molar-refractivity contribution in [3.05, 3.63) is 47.2 Å². The van der Waals surface area contributed by atoms with Crippen molar-refractivity contribution in [3.8, 4) is 0 Å². The summed E-state index contributed by atoms with van der Waals surface area (Å²) in [5.74, 6) is 0.395. The van der Waals surface area contributed by atoms with Gasteiger partial charge in [-0.15, -0.1) is 0 Å². The number of hydrogen-bond donors (Lipinski definition) is 3. The number of aromatic nitrogens is 2. The third kappa shape index (κ3) is 3.68. The maximum absolute atomic E-state index is 12.0. The summed E-state index contributed by atoms with van der Waals surface area (Å²) in [6, 6.07) is 9.12. The third-order valence-corrected chi connectivity index (χ3v) is 3.12. The van der Waals surface area contributed by atoms with Crippen molar-refractivity contribution in [3.63, 3.8) is 0 Å². The summed E-state index contributed by atoms with van der Waals surface area (Å²) in [6.07, 6.45) is 3.19. The van der Waals surface area contributed by atoms with Gasteiger partial charge in [-0.05, 0) is 30.5 Å². The minimum Gasteiger partial charge on any atom is -0.326 e. The van der Waals surface area contributed by atoms with Crippen molar-refractivity contribution in [2.75, 3.05) is 5.32 Å². The van der Waals surface area contributed by atoms with E-state index in [1.54, 1.807) is 12.1 Å². The lowest BCUT2D eigenvalue weighted by atomic mass is 10.1. The minimum absolute atomic E-state index is 0.165. The average molecular weight is 272 g/mol. The highest BCUT2D eigenvalue weighted by Gasteiger charge is 2.08. The number of rotatable bonds is 6. The highest BCUT2D eigenvalue weighted by molar-refractivity contribution is 6.03. The molecule has 4 N–H and O–H groups in total. The molecule has 0 aliphatic rings. The molecule has 1 aromatic carbocycles. The van der Waals surface area contributed by atoms with E-state index in [1.165, 1.54) is 0 Å². The van der Waals surface area contributed by atoms with E-state index in [-0.39, 0.29) is 5.91 Å².